The second-order valence-corrected chi connectivity index (χ2v) is 8.31. The van der Waals surface area contributed by atoms with Crippen molar-refractivity contribution in [3.05, 3.63) is 81.8 Å². The van der Waals surface area contributed by atoms with Gasteiger partial charge in [0.25, 0.3) is 11.8 Å². The van der Waals surface area contributed by atoms with E-state index in [1.807, 2.05) is 6.92 Å². The summed E-state index contributed by atoms with van der Waals surface area (Å²) in [5, 5.41) is 14.7. The summed E-state index contributed by atoms with van der Waals surface area (Å²) in [5.74, 6) is 0.0764. The van der Waals surface area contributed by atoms with Crippen LogP contribution < -0.4 is 10.6 Å². The van der Waals surface area contributed by atoms with Crippen LogP contribution in [0, 0.1) is 6.92 Å². The van der Waals surface area contributed by atoms with Gasteiger partial charge in [-0.15, -0.1) is 0 Å². The zero-order valence-electron chi connectivity index (χ0n) is 18.0. The van der Waals surface area contributed by atoms with Crippen molar-refractivity contribution >= 4 is 40.8 Å². The molecule has 2 amide bonds. The molecule has 0 atom stereocenters. The second-order valence-electron chi connectivity index (χ2n) is 8.31. The van der Waals surface area contributed by atoms with Crippen LogP contribution in [0.1, 0.15) is 61.8 Å². The summed E-state index contributed by atoms with van der Waals surface area (Å²) in [5.41, 5.74) is 5.15. The van der Waals surface area contributed by atoms with Gasteiger partial charge < -0.3 is 20.2 Å². The molecule has 2 heterocycles. The van der Waals surface area contributed by atoms with Gasteiger partial charge in [0.15, 0.2) is 0 Å². The first kappa shape index (κ1) is 20.8. The Labute approximate surface area is 190 Å². The third kappa shape index (κ3) is 3.82. The highest BCUT2D eigenvalue weighted by Crippen LogP contribution is 2.37. The molecule has 1 aliphatic heterocycles. The number of furan rings is 1. The molecule has 0 unspecified atom stereocenters. The van der Waals surface area contributed by atoms with E-state index in [0.717, 1.165) is 37.0 Å². The van der Waals surface area contributed by atoms with Gasteiger partial charge in [-0.1, -0.05) is 0 Å². The molecule has 0 saturated heterocycles. The zero-order chi connectivity index (χ0) is 23.1. The minimum absolute atomic E-state index is 0.110. The van der Waals surface area contributed by atoms with Crippen LogP contribution in [0.4, 0.5) is 11.4 Å². The average molecular weight is 442 g/mol. The predicted molar refractivity (Wildman–Crippen MR) is 124 cm³/mol. The fraction of sp³-hybridized carbons (Fsp3) is 0.192. The van der Waals surface area contributed by atoms with Crippen LogP contribution in [-0.4, -0.2) is 22.9 Å². The summed E-state index contributed by atoms with van der Waals surface area (Å²) in [6.07, 6.45) is 5.97. The monoisotopic (exact) mass is 442 g/mol. The van der Waals surface area contributed by atoms with Gasteiger partial charge in [-0.25, -0.2) is 4.79 Å². The number of nitrogens with one attached hydrogen (secondary N) is 2. The van der Waals surface area contributed by atoms with Crippen molar-refractivity contribution < 1.29 is 23.9 Å². The van der Waals surface area contributed by atoms with Crippen LogP contribution in [0.25, 0.3) is 11.6 Å². The van der Waals surface area contributed by atoms with E-state index in [-0.39, 0.29) is 17.4 Å². The molecule has 1 aromatic heterocycles. The van der Waals surface area contributed by atoms with E-state index in [0.29, 0.717) is 33.8 Å². The van der Waals surface area contributed by atoms with E-state index in [9.17, 15) is 14.4 Å². The molecule has 7 nitrogen and oxygen atoms in total. The van der Waals surface area contributed by atoms with Crippen LogP contribution in [0.2, 0.25) is 0 Å². The molecule has 33 heavy (non-hydrogen) atoms. The predicted octanol–water partition coefficient (Wildman–Crippen LogP) is 4.91. The van der Waals surface area contributed by atoms with Gasteiger partial charge in [-0.05, 0) is 85.9 Å². The first-order valence-corrected chi connectivity index (χ1v) is 10.8. The molecule has 1 aliphatic carbocycles. The molecule has 3 N–H and O–H groups in total. The van der Waals surface area contributed by atoms with Crippen molar-refractivity contribution in [1.82, 2.24) is 0 Å². The van der Waals surface area contributed by atoms with Gasteiger partial charge >= 0.3 is 5.97 Å². The Kier molecular flexibility index (Phi) is 5.09. The normalized spacial score (nSPS) is 15.7. The number of carboxylic acid groups (broad SMARTS) is 1. The lowest BCUT2D eigenvalue weighted by atomic mass is 9.95. The first-order valence-electron chi connectivity index (χ1n) is 10.8. The van der Waals surface area contributed by atoms with Crippen molar-refractivity contribution in [2.24, 2.45) is 0 Å². The molecular formula is C26H22N2O5. The molecule has 0 bridgehead atoms. The molecule has 7 heteroatoms. The Hall–Kier alpha value is -4.13. The van der Waals surface area contributed by atoms with Crippen molar-refractivity contribution in [2.75, 3.05) is 10.6 Å². The Balaban J connectivity index is 1.43. The van der Waals surface area contributed by atoms with Crippen molar-refractivity contribution in [2.45, 2.75) is 32.6 Å². The number of hydrogen-bond donors (Lipinski definition) is 3. The zero-order valence-corrected chi connectivity index (χ0v) is 18.0. The van der Waals surface area contributed by atoms with E-state index in [1.54, 1.807) is 24.3 Å². The number of anilines is 2. The van der Waals surface area contributed by atoms with Gasteiger partial charge in [0.2, 0.25) is 0 Å². The number of hydrogen-bond acceptors (Lipinski definition) is 4. The largest absolute Gasteiger partial charge is 0.478 e. The van der Waals surface area contributed by atoms with Gasteiger partial charge in [-0.2, -0.15) is 0 Å². The highest BCUT2D eigenvalue weighted by atomic mass is 16.4. The molecule has 5 rings (SSSR count). The summed E-state index contributed by atoms with van der Waals surface area (Å²) in [6.45, 7) is 2.03. The molecule has 2 aromatic carbocycles. The Morgan fingerprint density at radius 3 is 2.52 bits per heavy atom. The van der Waals surface area contributed by atoms with Crippen LogP contribution >= 0.6 is 0 Å². The lowest BCUT2D eigenvalue weighted by molar-refractivity contribution is -0.110. The van der Waals surface area contributed by atoms with E-state index < -0.39 is 5.97 Å². The Morgan fingerprint density at radius 2 is 1.79 bits per heavy atom. The molecule has 2 aliphatic rings. The van der Waals surface area contributed by atoms with E-state index in [1.165, 1.54) is 29.8 Å². The number of carbonyl (C=O) groups excluding carboxylic acids is 2. The molecule has 0 radical (unpaired) electrons. The quantitative estimate of drug-likeness (QED) is 0.498. The summed E-state index contributed by atoms with van der Waals surface area (Å²) >= 11 is 0. The smallest absolute Gasteiger partial charge is 0.335 e. The number of aromatic carboxylic acids is 1. The first-order chi connectivity index (χ1) is 15.9. The molecule has 0 spiro atoms. The number of amides is 2. The lowest BCUT2D eigenvalue weighted by Crippen LogP contribution is -2.12. The van der Waals surface area contributed by atoms with E-state index in [2.05, 4.69) is 10.6 Å². The van der Waals surface area contributed by atoms with Gasteiger partial charge in [0.1, 0.15) is 11.5 Å². The third-order valence-corrected chi connectivity index (χ3v) is 6.20. The van der Waals surface area contributed by atoms with Crippen LogP contribution in [0.5, 0.6) is 0 Å². The third-order valence-electron chi connectivity index (χ3n) is 6.20. The van der Waals surface area contributed by atoms with E-state index >= 15 is 0 Å². The Bertz CT molecular complexity index is 1330. The topological polar surface area (TPSA) is 109 Å². The molecular weight excluding hydrogens is 420 g/mol. The minimum atomic E-state index is -1.05. The number of fused-ring (bicyclic) bond motifs is 2. The summed E-state index contributed by atoms with van der Waals surface area (Å²) in [6, 6.07) is 10.9. The summed E-state index contributed by atoms with van der Waals surface area (Å²) in [4.78, 5) is 36.3. The fourth-order valence-electron chi connectivity index (χ4n) is 4.39. The number of carboxylic acids is 1. The van der Waals surface area contributed by atoms with E-state index in [4.69, 9.17) is 9.52 Å². The van der Waals surface area contributed by atoms with Gasteiger partial charge in [0.05, 0.1) is 11.1 Å². The van der Waals surface area contributed by atoms with Crippen molar-refractivity contribution in [3.8, 4) is 0 Å². The van der Waals surface area contributed by atoms with Gasteiger partial charge in [0, 0.05) is 28.9 Å². The van der Waals surface area contributed by atoms with Crippen molar-refractivity contribution in [3.63, 3.8) is 0 Å². The van der Waals surface area contributed by atoms with Crippen LogP contribution in [0.3, 0.4) is 0 Å². The highest BCUT2D eigenvalue weighted by molar-refractivity contribution is 6.35. The summed E-state index contributed by atoms with van der Waals surface area (Å²) < 4.78 is 6.07. The number of benzene rings is 2. The van der Waals surface area contributed by atoms with Crippen LogP contribution in [-0.2, 0) is 17.6 Å². The van der Waals surface area contributed by atoms with Gasteiger partial charge in [-0.3, -0.25) is 9.59 Å². The standard InChI is InChI=1S/C26H22N2O5/c1-14-18-4-2-3-5-22(18)33-23(14)13-20-19-12-17(10-11-21(19)28-25(20)30)27-24(29)15-6-8-16(9-7-15)26(31)32/h6-13H,2-5H2,1H3,(H,27,29)(H,28,30)(H,31,32). The van der Waals surface area contributed by atoms with Crippen molar-refractivity contribution in [1.29, 1.82) is 0 Å². The highest BCUT2D eigenvalue weighted by Gasteiger charge is 2.27. The maximum atomic E-state index is 12.7. The maximum Gasteiger partial charge on any atom is 0.335 e. The molecule has 3 aromatic rings. The number of aryl methyl sites for hydroxylation is 1. The molecule has 0 saturated carbocycles. The maximum absolute atomic E-state index is 12.7. The molecule has 0 fully saturated rings. The molecule has 166 valence electrons. The second kappa shape index (κ2) is 8.09. The average Bonchev–Trinajstić information content (AvgIpc) is 3.30. The lowest BCUT2D eigenvalue weighted by Gasteiger charge is -2.08. The Morgan fingerprint density at radius 1 is 1.06 bits per heavy atom. The fourth-order valence-corrected chi connectivity index (χ4v) is 4.39. The number of carbonyl (C=O) groups is 3. The summed E-state index contributed by atoms with van der Waals surface area (Å²) in [7, 11) is 0. The minimum Gasteiger partial charge on any atom is -0.478 e. The SMILES string of the molecule is Cc1c(C=C2C(=O)Nc3ccc(NC(=O)c4ccc(C(=O)O)cc4)cc32)oc2c1CCCC2. The van der Waals surface area contributed by atoms with Crippen LogP contribution in [0.15, 0.2) is 46.9 Å². The number of rotatable bonds is 4.